The number of hydrogen-bond donors (Lipinski definition) is 3. The van der Waals surface area contributed by atoms with Gasteiger partial charge in [0.05, 0.1) is 17.9 Å². The number of nitrogens with one attached hydrogen (secondary N) is 1. The molecule has 0 saturated heterocycles. The van der Waals surface area contributed by atoms with Crippen molar-refractivity contribution in [1.29, 1.82) is 0 Å². The molecule has 0 atom stereocenters. The highest BCUT2D eigenvalue weighted by Crippen LogP contribution is 2.26. The first-order chi connectivity index (χ1) is 9.61. The molecule has 9 heteroatoms. The van der Waals surface area contributed by atoms with Gasteiger partial charge in [-0.15, -0.1) is 5.10 Å². The van der Waals surface area contributed by atoms with Crippen LogP contribution >= 0.6 is 0 Å². The quantitative estimate of drug-likeness (QED) is 0.588. The molecular formula is C11H12N8O. The van der Waals surface area contributed by atoms with E-state index in [9.17, 15) is 4.79 Å². The van der Waals surface area contributed by atoms with E-state index in [1.165, 1.54) is 11.7 Å². The van der Waals surface area contributed by atoms with Crippen molar-refractivity contribution in [3.05, 3.63) is 29.1 Å². The monoisotopic (exact) mass is 272 g/mol. The molecule has 0 fully saturated rings. The third kappa shape index (κ3) is 1.67. The summed E-state index contributed by atoms with van der Waals surface area (Å²) in [6, 6.07) is 3.50. The summed E-state index contributed by atoms with van der Waals surface area (Å²) in [5, 5.41) is 13.5. The van der Waals surface area contributed by atoms with Crippen molar-refractivity contribution >= 4 is 17.4 Å². The highest BCUT2D eigenvalue weighted by Gasteiger charge is 2.21. The number of carbonyl (C=O) groups excluding carboxylic acids is 1. The predicted octanol–water partition coefficient (Wildman–Crippen LogP) is -1.18. The number of benzene rings is 1. The molecule has 2 aromatic rings. The van der Waals surface area contributed by atoms with Crippen LogP contribution in [0.15, 0.2) is 17.1 Å². The van der Waals surface area contributed by atoms with Crippen LogP contribution in [0, 0.1) is 0 Å². The first kappa shape index (κ1) is 12.1. The SMILES string of the molecule is CNC(=O)c1nnnn1-c1cc2c(cc1N)CN=C2N. The number of nitrogens with zero attached hydrogens (tertiary/aromatic N) is 5. The minimum absolute atomic E-state index is 0.0488. The molecule has 2 heterocycles. The van der Waals surface area contributed by atoms with Crippen molar-refractivity contribution in [1.82, 2.24) is 25.5 Å². The number of nitrogen functional groups attached to an aromatic ring is 1. The molecule has 1 aliphatic rings. The summed E-state index contributed by atoms with van der Waals surface area (Å²) in [4.78, 5) is 15.9. The molecule has 1 aromatic heterocycles. The molecule has 9 nitrogen and oxygen atoms in total. The molecule has 1 amide bonds. The molecule has 20 heavy (non-hydrogen) atoms. The second-order valence-electron chi connectivity index (χ2n) is 4.26. The Bertz CT molecular complexity index is 732. The molecule has 0 bridgehead atoms. The van der Waals surface area contributed by atoms with Gasteiger partial charge in [-0.2, -0.15) is 4.68 Å². The summed E-state index contributed by atoms with van der Waals surface area (Å²) in [6.07, 6.45) is 0. The normalized spacial score (nSPS) is 12.9. The maximum absolute atomic E-state index is 11.7. The lowest BCUT2D eigenvalue weighted by atomic mass is 10.1. The summed E-state index contributed by atoms with van der Waals surface area (Å²) in [5.74, 6) is 0.0833. The van der Waals surface area contributed by atoms with E-state index in [4.69, 9.17) is 11.5 Å². The van der Waals surface area contributed by atoms with Gasteiger partial charge in [0.25, 0.3) is 5.91 Å². The number of rotatable bonds is 2. The Hall–Kier alpha value is -2.97. The van der Waals surface area contributed by atoms with E-state index in [1.807, 2.05) is 0 Å². The summed E-state index contributed by atoms with van der Waals surface area (Å²) >= 11 is 0. The van der Waals surface area contributed by atoms with E-state index in [1.54, 1.807) is 12.1 Å². The van der Waals surface area contributed by atoms with Gasteiger partial charge in [0.1, 0.15) is 5.84 Å². The molecular weight excluding hydrogens is 260 g/mol. The molecule has 0 radical (unpaired) electrons. The van der Waals surface area contributed by atoms with Gasteiger partial charge in [-0.1, -0.05) is 0 Å². The Labute approximate surface area is 113 Å². The van der Waals surface area contributed by atoms with Crippen molar-refractivity contribution in [2.75, 3.05) is 12.8 Å². The molecule has 0 saturated carbocycles. The van der Waals surface area contributed by atoms with Gasteiger partial charge in [0, 0.05) is 12.6 Å². The van der Waals surface area contributed by atoms with Crippen LogP contribution in [0.3, 0.4) is 0 Å². The van der Waals surface area contributed by atoms with Gasteiger partial charge in [0.15, 0.2) is 0 Å². The zero-order valence-electron chi connectivity index (χ0n) is 10.7. The number of hydrogen-bond acceptors (Lipinski definition) is 7. The first-order valence-corrected chi connectivity index (χ1v) is 5.85. The minimum Gasteiger partial charge on any atom is -0.397 e. The fourth-order valence-electron chi connectivity index (χ4n) is 2.06. The van der Waals surface area contributed by atoms with E-state index in [0.717, 1.165) is 11.1 Å². The lowest BCUT2D eigenvalue weighted by Gasteiger charge is -2.09. The summed E-state index contributed by atoms with van der Waals surface area (Å²) in [7, 11) is 1.50. The van der Waals surface area contributed by atoms with Crippen LogP contribution in [0.2, 0.25) is 0 Å². The Kier molecular flexibility index (Phi) is 2.60. The Morgan fingerprint density at radius 3 is 2.95 bits per heavy atom. The Balaban J connectivity index is 2.16. The molecule has 102 valence electrons. The van der Waals surface area contributed by atoms with Gasteiger partial charge in [0.2, 0.25) is 5.82 Å². The van der Waals surface area contributed by atoms with E-state index < -0.39 is 5.91 Å². The van der Waals surface area contributed by atoms with Crippen LogP contribution in [0.4, 0.5) is 5.69 Å². The van der Waals surface area contributed by atoms with E-state index in [2.05, 4.69) is 25.8 Å². The largest absolute Gasteiger partial charge is 0.397 e. The first-order valence-electron chi connectivity index (χ1n) is 5.85. The van der Waals surface area contributed by atoms with Gasteiger partial charge in [-0.05, 0) is 28.1 Å². The zero-order chi connectivity index (χ0) is 14.3. The lowest BCUT2D eigenvalue weighted by molar-refractivity contribution is 0.0950. The van der Waals surface area contributed by atoms with Crippen LogP contribution in [-0.4, -0.2) is 39.0 Å². The van der Waals surface area contributed by atoms with Crippen molar-refractivity contribution in [2.45, 2.75) is 6.54 Å². The minimum atomic E-state index is -0.406. The topological polar surface area (TPSA) is 137 Å². The molecule has 1 aromatic carbocycles. The number of nitrogens with two attached hydrogens (primary N) is 2. The van der Waals surface area contributed by atoms with Crippen LogP contribution in [0.25, 0.3) is 5.69 Å². The average molecular weight is 272 g/mol. The predicted molar refractivity (Wildman–Crippen MR) is 71.4 cm³/mol. The molecule has 5 N–H and O–H groups in total. The second kappa shape index (κ2) is 4.30. The van der Waals surface area contributed by atoms with Crippen molar-refractivity contribution in [3.8, 4) is 5.69 Å². The Morgan fingerprint density at radius 2 is 2.20 bits per heavy atom. The molecule has 0 unspecified atom stereocenters. The van der Waals surface area contributed by atoms with Gasteiger partial charge >= 0.3 is 0 Å². The third-order valence-electron chi connectivity index (χ3n) is 3.08. The average Bonchev–Trinajstić information content (AvgIpc) is 3.04. The number of amidine groups is 1. The highest BCUT2D eigenvalue weighted by atomic mass is 16.2. The van der Waals surface area contributed by atoms with Crippen molar-refractivity contribution in [2.24, 2.45) is 10.7 Å². The number of anilines is 1. The van der Waals surface area contributed by atoms with E-state index in [0.29, 0.717) is 23.8 Å². The second-order valence-corrected chi connectivity index (χ2v) is 4.26. The van der Waals surface area contributed by atoms with Crippen molar-refractivity contribution in [3.63, 3.8) is 0 Å². The Morgan fingerprint density at radius 1 is 1.40 bits per heavy atom. The summed E-state index contributed by atoms with van der Waals surface area (Å²) in [5.41, 5.74) is 14.5. The molecule has 0 aliphatic carbocycles. The van der Waals surface area contributed by atoms with Crippen molar-refractivity contribution < 1.29 is 4.79 Å². The van der Waals surface area contributed by atoms with Crippen LogP contribution in [0.1, 0.15) is 21.7 Å². The fraction of sp³-hybridized carbons (Fsp3) is 0.182. The molecule has 1 aliphatic heterocycles. The van der Waals surface area contributed by atoms with E-state index >= 15 is 0 Å². The summed E-state index contributed by atoms with van der Waals surface area (Å²) in [6.45, 7) is 0.504. The number of aromatic nitrogens is 4. The zero-order valence-corrected chi connectivity index (χ0v) is 10.7. The fourth-order valence-corrected chi connectivity index (χ4v) is 2.06. The van der Waals surface area contributed by atoms with Gasteiger partial charge < -0.3 is 16.8 Å². The smallest absolute Gasteiger partial charge is 0.290 e. The maximum atomic E-state index is 11.7. The number of tetrazole rings is 1. The standard InChI is InChI=1S/C11H12N8O/c1-14-11(20)10-16-17-18-19(10)8-3-6-5(2-7(8)12)4-15-9(6)13/h2-3H,4,12H2,1H3,(H2,13,15)(H,14,20). The summed E-state index contributed by atoms with van der Waals surface area (Å²) < 4.78 is 1.28. The molecule has 0 spiro atoms. The van der Waals surface area contributed by atoms with Crippen LogP contribution in [-0.2, 0) is 6.54 Å². The molecule has 3 rings (SSSR count). The van der Waals surface area contributed by atoms with Crippen LogP contribution in [0.5, 0.6) is 0 Å². The van der Waals surface area contributed by atoms with Gasteiger partial charge in [-0.3, -0.25) is 9.79 Å². The van der Waals surface area contributed by atoms with Gasteiger partial charge in [-0.25, -0.2) is 0 Å². The number of carbonyl (C=O) groups is 1. The highest BCUT2D eigenvalue weighted by molar-refractivity contribution is 6.02. The lowest BCUT2D eigenvalue weighted by Crippen LogP contribution is -2.23. The number of aliphatic imine (C=N–C) groups is 1. The number of fused-ring (bicyclic) bond motifs is 1. The van der Waals surface area contributed by atoms with Crippen LogP contribution < -0.4 is 16.8 Å². The third-order valence-corrected chi connectivity index (χ3v) is 3.08. The maximum Gasteiger partial charge on any atom is 0.290 e. The number of amides is 1. The van der Waals surface area contributed by atoms with E-state index in [-0.39, 0.29) is 5.82 Å².